The first kappa shape index (κ1) is 13.6. The molecule has 1 saturated heterocycles. The molecule has 2 rings (SSSR count). The third kappa shape index (κ3) is 3.33. The molecule has 0 saturated carbocycles. The number of hydrogen-bond donors (Lipinski definition) is 1. The van der Waals surface area contributed by atoms with Crippen LogP contribution >= 0.6 is 0 Å². The lowest BCUT2D eigenvalue weighted by Gasteiger charge is -2.29. The molecule has 0 bridgehead atoms. The lowest BCUT2D eigenvalue weighted by Crippen LogP contribution is -2.27. The number of imidazole rings is 1. The Balaban J connectivity index is 2.00. The van der Waals surface area contributed by atoms with Gasteiger partial charge in [0.05, 0.1) is 12.0 Å². The van der Waals surface area contributed by atoms with Crippen LogP contribution in [0.25, 0.3) is 0 Å². The van der Waals surface area contributed by atoms with Gasteiger partial charge in [-0.2, -0.15) is 0 Å². The summed E-state index contributed by atoms with van der Waals surface area (Å²) in [6, 6.07) is 1.02. The van der Waals surface area contributed by atoms with Crippen molar-refractivity contribution in [2.45, 2.75) is 52.2 Å². The Labute approximate surface area is 110 Å². The van der Waals surface area contributed by atoms with Crippen molar-refractivity contribution < 1.29 is 4.74 Å². The van der Waals surface area contributed by atoms with Crippen LogP contribution < -0.4 is 5.32 Å². The zero-order valence-electron chi connectivity index (χ0n) is 11.7. The van der Waals surface area contributed by atoms with Crippen LogP contribution in [-0.2, 0) is 11.3 Å². The molecule has 1 aliphatic heterocycles. The van der Waals surface area contributed by atoms with Gasteiger partial charge in [0.2, 0.25) is 0 Å². The average Bonchev–Trinajstić information content (AvgIpc) is 2.85. The molecule has 0 aromatic carbocycles. The molecule has 0 spiro atoms. The number of rotatable bonds is 5. The van der Waals surface area contributed by atoms with Crippen molar-refractivity contribution in [3.63, 3.8) is 0 Å². The van der Waals surface area contributed by atoms with Crippen molar-refractivity contribution in [3.05, 3.63) is 18.2 Å². The fraction of sp³-hybridized carbons (Fsp3) is 0.786. The van der Waals surface area contributed by atoms with E-state index < -0.39 is 0 Å². The summed E-state index contributed by atoms with van der Waals surface area (Å²) in [6.45, 7) is 9.35. The highest BCUT2D eigenvalue weighted by Gasteiger charge is 2.22. The van der Waals surface area contributed by atoms with E-state index in [2.05, 4.69) is 35.6 Å². The largest absolute Gasteiger partial charge is 0.381 e. The topological polar surface area (TPSA) is 39.1 Å². The fourth-order valence-corrected chi connectivity index (χ4v) is 2.57. The summed E-state index contributed by atoms with van der Waals surface area (Å²) in [5.41, 5.74) is 1.28. The maximum absolute atomic E-state index is 5.44. The Morgan fingerprint density at radius 3 is 2.78 bits per heavy atom. The standard InChI is InChI=1S/C14H25N3O/c1-11(2)16-9-14-8-15-10-17(14)12(3)13-4-6-18-7-5-13/h8,10-13,16H,4-7,9H2,1-3H3. The van der Waals surface area contributed by atoms with Crippen molar-refractivity contribution in [1.29, 1.82) is 0 Å². The molecule has 4 heteroatoms. The highest BCUT2D eigenvalue weighted by atomic mass is 16.5. The zero-order chi connectivity index (χ0) is 13.0. The maximum atomic E-state index is 5.44. The molecular weight excluding hydrogens is 226 g/mol. The van der Waals surface area contributed by atoms with Crippen LogP contribution in [0.1, 0.15) is 45.3 Å². The minimum atomic E-state index is 0.506. The molecule has 4 nitrogen and oxygen atoms in total. The Morgan fingerprint density at radius 2 is 2.11 bits per heavy atom. The molecule has 0 amide bonds. The van der Waals surface area contributed by atoms with Gasteiger partial charge >= 0.3 is 0 Å². The normalized spacial score (nSPS) is 19.3. The van der Waals surface area contributed by atoms with E-state index in [-0.39, 0.29) is 0 Å². The van der Waals surface area contributed by atoms with Crippen LogP contribution in [0.2, 0.25) is 0 Å². The lowest BCUT2D eigenvalue weighted by atomic mass is 9.92. The van der Waals surface area contributed by atoms with E-state index >= 15 is 0 Å². The second-order valence-corrected chi connectivity index (χ2v) is 5.52. The third-order valence-electron chi connectivity index (χ3n) is 3.82. The summed E-state index contributed by atoms with van der Waals surface area (Å²) in [5, 5.41) is 3.46. The van der Waals surface area contributed by atoms with Crippen LogP contribution in [0.3, 0.4) is 0 Å². The van der Waals surface area contributed by atoms with Crippen molar-refractivity contribution in [3.8, 4) is 0 Å². The average molecular weight is 251 g/mol. The van der Waals surface area contributed by atoms with E-state index in [1.807, 2.05) is 12.5 Å². The van der Waals surface area contributed by atoms with E-state index in [4.69, 9.17) is 4.74 Å². The molecule has 102 valence electrons. The second kappa shape index (κ2) is 6.34. The first-order valence-corrected chi connectivity index (χ1v) is 7.00. The van der Waals surface area contributed by atoms with Gasteiger partial charge < -0.3 is 14.6 Å². The van der Waals surface area contributed by atoms with Gasteiger partial charge in [-0.05, 0) is 25.7 Å². The number of aromatic nitrogens is 2. The van der Waals surface area contributed by atoms with Gasteiger partial charge in [0.15, 0.2) is 0 Å². The van der Waals surface area contributed by atoms with Crippen molar-refractivity contribution in [2.75, 3.05) is 13.2 Å². The predicted octanol–water partition coefficient (Wildman–Crippen LogP) is 2.37. The summed E-state index contributed by atoms with van der Waals surface area (Å²) < 4.78 is 7.76. The summed E-state index contributed by atoms with van der Waals surface area (Å²) in [6.07, 6.45) is 6.27. The van der Waals surface area contributed by atoms with E-state index in [0.717, 1.165) is 32.6 Å². The van der Waals surface area contributed by atoms with Gasteiger partial charge in [-0.3, -0.25) is 0 Å². The Morgan fingerprint density at radius 1 is 1.39 bits per heavy atom. The minimum absolute atomic E-state index is 0.506. The Bertz CT molecular complexity index is 356. The van der Waals surface area contributed by atoms with Crippen LogP contribution in [0.5, 0.6) is 0 Å². The highest BCUT2D eigenvalue weighted by molar-refractivity contribution is 5.01. The summed E-state index contributed by atoms with van der Waals surface area (Å²) >= 11 is 0. The molecule has 0 radical (unpaired) electrons. The molecule has 18 heavy (non-hydrogen) atoms. The van der Waals surface area contributed by atoms with Gasteiger partial charge in [-0.1, -0.05) is 13.8 Å². The molecule has 1 unspecified atom stereocenters. The summed E-state index contributed by atoms with van der Waals surface area (Å²) in [5.74, 6) is 0.714. The Kier molecular flexibility index (Phi) is 4.78. The quantitative estimate of drug-likeness (QED) is 0.873. The number of hydrogen-bond acceptors (Lipinski definition) is 3. The Hall–Kier alpha value is -0.870. The number of ether oxygens (including phenoxy) is 1. The monoisotopic (exact) mass is 251 g/mol. The minimum Gasteiger partial charge on any atom is -0.381 e. The van der Waals surface area contributed by atoms with Gasteiger partial charge in [-0.25, -0.2) is 4.98 Å². The first-order valence-electron chi connectivity index (χ1n) is 7.00. The van der Waals surface area contributed by atoms with Crippen LogP contribution in [-0.4, -0.2) is 28.8 Å². The predicted molar refractivity (Wildman–Crippen MR) is 72.5 cm³/mol. The summed E-state index contributed by atoms with van der Waals surface area (Å²) in [4.78, 5) is 4.31. The van der Waals surface area contributed by atoms with E-state index in [1.165, 1.54) is 5.69 Å². The molecule has 1 aromatic heterocycles. The molecule has 0 aliphatic carbocycles. The molecule has 1 atom stereocenters. The molecular formula is C14H25N3O. The van der Waals surface area contributed by atoms with Crippen molar-refractivity contribution >= 4 is 0 Å². The molecule has 1 aromatic rings. The summed E-state index contributed by atoms with van der Waals surface area (Å²) in [7, 11) is 0. The molecule has 1 aliphatic rings. The smallest absolute Gasteiger partial charge is 0.0951 e. The van der Waals surface area contributed by atoms with E-state index in [0.29, 0.717) is 18.0 Å². The van der Waals surface area contributed by atoms with E-state index in [9.17, 15) is 0 Å². The molecule has 2 heterocycles. The third-order valence-corrected chi connectivity index (χ3v) is 3.82. The van der Waals surface area contributed by atoms with Crippen molar-refractivity contribution in [2.24, 2.45) is 5.92 Å². The van der Waals surface area contributed by atoms with E-state index in [1.54, 1.807) is 0 Å². The van der Waals surface area contributed by atoms with Gasteiger partial charge in [0, 0.05) is 38.0 Å². The highest BCUT2D eigenvalue weighted by Crippen LogP contribution is 2.28. The lowest BCUT2D eigenvalue weighted by molar-refractivity contribution is 0.0509. The maximum Gasteiger partial charge on any atom is 0.0951 e. The first-order chi connectivity index (χ1) is 8.68. The van der Waals surface area contributed by atoms with Gasteiger partial charge in [0.25, 0.3) is 0 Å². The SMILES string of the molecule is CC(C)NCc1cncn1C(C)C1CCOCC1. The van der Waals surface area contributed by atoms with Crippen LogP contribution in [0.15, 0.2) is 12.5 Å². The van der Waals surface area contributed by atoms with Gasteiger partial charge in [-0.15, -0.1) is 0 Å². The number of nitrogens with zero attached hydrogens (tertiary/aromatic N) is 2. The molecule has 1 N–H and O–H groups in total. The fourth-order valence-electron chi connectivity index (χ4n) is 2.57. The number of nitrogens with one attached hydrogen (secondary N) is 1. The van der Waals surface area contributed by atoms with Crippen LogP contribution in [0, 0.1) is 5.92 Å². The van der Waals surface area contributed by atoms with Crippen LogP contribution in [0.4, 0.5) is 0 Å². The van der Waals surface area contributed by atoms with Crippen molar-refractivity contribution in [1.82, 2.24) is 14.9 Å². The van der Waals surface area contributed by atoms with Gasteiger partial charge in [0.1, 0.15) is 0 Å². The molecule has 1 fully saturated rings. The zero-order valence-corrected chi connectivity index (χ0v) is 11.7. The second-order valence-electron chi connectivity index (χ2n) is 5.52.